The van der Waals surface area contributed by atoms with E-state index in [4.69, 9.17) is 14.5 Å². The van der Waals surface area contributed by atoms with E-state index in [9.17, 15) is 5.11 Å². The Balaban J connectivity index is 1.84. The van der Waals surface area contributed by atoms with E-state index >= 15 is 0 Å². The zero-order valence-electron chi connectivity index (χ0n) is 15.3. The molecule has 2 aromatic carbocycles. The molecule has 26 heavy (non-hydrogen) atoms. The minimum absolute atomic E-state index is 0.0288. The molecule has 0 saturated carbocycles. The average Bonchev–Trinajstić information content (AvgIpc) is 2.69. The van der Waals surface area contributed by atoms with Crippen molar-refractivity contribution in [2.75, 3.05) is 33.4 Å². The number of hydrogen-bond donors (Lipinski definition) is 1. The number of ether oxygens (including phenoxy) is 2. The Kier molecular flexibility index (Phi) is 6.26. The van der Waals surface area contributed by atoms with Crippen molar-refractivity contribution < 1.29 is 14.6 Å². The molecular formula is C21H26N2O3. The third-order valence-corrected chi connectivity index (χ3v) is 4.74. The van der Waals surface area contributed by atoms with Gasteiger partial charge < -0.3 is 14.6 Å². The summed E-state index contributed by atoms with van der Waals surface area (Å²) in [5, 5.41) is 10.3. The van der Waals surface area contributed by atoms with Crippen LogP contribution in [0, 0.1) is 0 Å². The molecule has 1 heterocycles. The Morgan fingerprint density at radius 3 is 2.54 bits per heavy atom. The van der Waals surface area contributed by atoms with E-state index in [1.54, 1.807) is 19.4 Å². The Hall–Kier alpha value is -2.37. The molecule has 5 heteroatoms. The molecular weight excluding hydrogens is 328 g/mol. The average molecular weight is 354 g/mol. The summed E-state index contributed by atoms with van der Waals surface area (Å²) < 4.78 is 10.7. The zero-order valence-corrected chi connectivity index (χ0v) is 15.3. The highest BCUT2D eigenvalue weighted by atomic mass is 16.5. The maximum atomic E-state index is 10.3. The molecule has 1 fully saturated rings. The fourth-order valence-corrected chi connectivity index (χ4v) is 3.39. The quantitative estimate of drug-likeness (QED) is 0.809. The van der Waals surface area contributed by atoms with Crippen LogP contribution in [0.25, 0.3) is 0 Å². The molecule has 0 bridgehead atoms. The normalized spacial score (nSPS) is 17.9. The molecule has 2 atom stereocenters. The number of rotatable bonds is 6. The third kappa shape index (κ3) is 4.23. The Bertz CT molecular complexity index is 727. The van der Waals surface area contributed by atoms with Gasteiger partial charge in [0.05, 0.1) is 32.4 Å². The minimum atomic E-state index is 0.0288. The van der Waals surface area contributed by atoms with Crippen LogP contribution in [0.4, 0.5) is 0 Å². The molecule has 1 aliphatic heterocycles. The maximum absolute atomic E-state index is 10.3. The van der Waals surface area contributed by atoms with Crippen molar-refractivity contribution in [3.8, 4) is 11.5 Å². The lowest BCUT2D eigenvalue weighted by Crippen LogP contribution is -2.42. The van der Waals surface area contributed by atoms with Crippen LogP contribution in [-0.2, 0) is 4.74 Å². The molecule has 0 aliphatic carbocycles. The van der Waals surface area contributed by atoms with E-state index in [1.807, 2.05) is 18.2 Å². The Labute approximate surface area is 154 Å². The van der Waals surface area contributed by atoms with Gasteiger partial charge in [-0.05, 0) is 24.6 Å². The van der Waals surface area contributed by atoms with E-state index in [0.29, 0.717) is 11.3 Å². The molecule has 0 unspecified atom stereocenters. The van der Waals surface area contributed by atoms with Crippen molar-refractivity contribution in [3.05, 3.63) is 59.7 Å². The lowest BCUT2D eigenvalue weighted by atomic mass is 9.98. The number of para-hydroxylation sites is 1. The summed E-state index contributed by atoms with van der Waals surface area (Å²) in [5.74, 6) is 0.572. The Morgan fingerprint density at radius 2 is 1.85 bits per heavy atom. The van der Waals surface area contributed by atoms with E-state index < -0.39 is 0 Å². The monoisotopic (exact) mass is 354 g/mol. The summed E-state index contributed by atoms with van der Waals surface area (Å²) in [4.78, 5) is 7.18. The predicted octanol–water partition coefficient (Wildman–Crippen LogP) is 3.28. The first kappa shape index (κ1) is 18.4. The van der Waals surface area contributed by atoms with Gasteiger partial charge in [-0.2, -0.15) is 0 Å². The predicted molar refractivity (Wildman–Crippen MR) is 103 cm³/mol. The van der Waals surface area contributed by atoms with Gasteiger partial charge in [0, 0.05) is 24.9 Å². The van der Waals surface area contributed by atoms with Gasteiger partial charge in [0.25, 0.3) is 0 Å². The highest BCUT2D eigenvalue weighted by Crippen LogP contribution is 2.30. The highest BCUT2D eigenvalue weighted by molar-refractivity contribution is 5.84. The Morgan fingerprint density at radius 1 is 1.12 bits per heavy atom. The van der Waals surface area contributed by atoms with Crippen LogP contribution in [-0.4, -0.2) is 55.7 Å². The summed E-state index contributed by atoms with van der Waals surface area (Å²) >= 11 is 0. The third-order valence-electron chi connectivity index (χ3n) is 4.74. The van der Waals surface area contributed by atoms with Crippen molar-refractivity contribution in [3.63, 3.8) is 0 Å². The SMILES string of the molecule is COc1cccc(C=N[C@H](C)[C@H](c2ccccc2)N2CCOCC2)c1O. The number of phenols is 1. The summed E-state index contributed by atoms with van der Waals surface area (Å²) in [6.07, 6.45) is 1.74. The zero-order chi connectivity index (χ0) is 18.4. The second-order valence-corrected chi connectivity index (χ2v) is 6.42. The van der Waals surface area contributed by atoms with Gasteiger partial charge in [-0.15, -0.1) is 0 Å². The number of hydrogen-bond acceptors (Lipinski definition) is 5. The van der Waals surface area contributed by atoms with E-state index in [2.05, 4.69) is 36.1 Å². The van der Waals surface area contributed by atoms with Gasteiger partial charge >= 0.3 is 0 Å². The van der Waals surface area contributed by atoms with Crippen LogP contribution in [0.2, 0.25) is 0 Å². The smallest absolute Gasteiger partial charge is 0.166 e. The van der Waals surface area contributed by atoms with Gasteiger partial charge in [-0.3, -0.25) is 9.89 Å². The fourth-order valence-electron chi connectivity index (χ4n) is 3.39. The van der Waals surface area contributed by atoms with Crippen molar-refractivity contribution in [1.29, 1.82) is 0 Å². The molecule has 0 spiro atoms. The molecule has 0 amide bonds. The molecule has 0 aromatic heterocycles. The number of methoxy groups -OCH3 is 1. The molecule has 1 saturated heterocycles. The molecule has 5 nitrogen and oxygen atoms in total. The standard InChI is InChI=1S/C21H26N2O3/c1-16(22-15-18-9-6-10-19(25-2)21(18)24)20(17-7-4-3-5-8-17)23-11-13-26-14-12-23/h3-10,15-16,20,24H,11-14H2,1-2H3/t16-,20-/m1/s1. The number of aromatic hydroxyl groups is 1. The topological polar surface area (TPSA) is 54.3 Å². The molecule has 2 aromatic rings. The van der Waals surface area contributed by atoms with Crippen molar-refractivity contribution in [1.82, 2.24) is 4.90 Å². The van der Waals surface area contributed by atoms with E-state index in [1.165, 1.54) is 5.56 Å². The minimum Gasteiger partial charge on any atom is -0.504 e. The van der Waals surface area contributed by atoms with Crippen molar-refractivity contribution >= 4 is 6.21 Å². The van der Waals surface area contributed by atoms with Gasteiger partial charge in [0.1, 0.15) is 0 Å². The maximum Gasteiger partial charge on any atom is 0.166 e. The highest BCUT2D eigenvalue weighted by Gasteiger charge is 2.27. The summed E-state index contributed by atoms with van der Waals surface area (Å²) in [5.41, 5.74) is 1.90. The number of benzene rings is 2. The largest absolute Gasteiger partial charge is 0.504 e. The first-order valence-corrected chi connectivity index (χ1v) is 8.96. The molecule has 138 valence electrons. The fraction of sp³-hybridized carbons (Fsp3) is 0.381. The number of nitrogens with zero attached hydrogens (tertiary/aromatic N) is 2. The van der Waals surface area contributed by atoms with Crippen LogP contribution in [0.5, 0.6) is 11.5 Å². The van der Waals surface area contributed by atoms with E-state index in [-0.39, 0.29) is 17.8 Å². The number of morpholine rings is 1. The van der Waals surface area contributed by atoms with Gasteiger partial charge in [-0.1, -0.05) is 36.4 Å². The second-order valence-electron chi connectivity index (χ2n) is 6.42. The summed E-state index contributed by atoms with van der Waals surface area (Å²) in [6, 6.07) is 16.1. The van der Waals surface area contributed by atoms with Crippen LogP contribution >= 0.6 is 0 Å². The first-order chi connectivity index (χ1) is 12.7. The van der Waals surface area contributed by atoms with Crippen LogP contribution < -0.4 is 4.74 Å². The number of phenolic OH excluding ortho intramolecular Hbond substituents is 1. The number of aliphatic imine (C=N–C) groups is 1. The lowest BCUT2D eigenvalue weighted by Gasteiger charge is -2.37. The lowest BCUT2D eigenvalue weighted by molar-refractivity contribution is 0.0119. The summed E-state index contributed by atoms with van der Waals surface area (Å²) in [6.45, 7) is 5.39. The van der Waals surface area contributed by atoms with Crippen LogP contribution in [0.1, 0.15) is 24.1 Å². The van der Waals surface area contributed by atoms with Gasteiger partial charge in [0.15, 0.2) is 11.5 Å². The van der Waals surface area contributed by atoms with Crippen molar-refractivity contribution in [2.24, 2.45) is 4.99 Å². The summed E-state index contributed by atoms with van der Waals surface area (Å²) in [7, 11) is 1.54. The van der Waals surface area contributed by atoms with E-state index in [0.717, 1.165) is 26.3 Å². The second kappa shape index (κ2) is 8.83. The van der Waals surface area contributed by atoms with Crippen LogP contribution in [0.15, 0.2) is 53.5 Å². The molecule has 3 rings (SSSR count). The molecule has 0 radical (unpaired) electrons. The van der Waals surface area contributed by atoms with Crippen LogP contribution in [0.3, 0.4) is 0 Å². The van der Waals surface area contributed by atoms with Gasteiger partial charge in [-0.25, -0.2) is 0 Å². The molecule has 1 aliphatic rings. The van der Waals surface area contributed by atoms with Crippen molar-refractivity contribution in [2.45, 2.75) is 19.0 Å². The molecule has 1 N–H and O–H groups in total. The van der Waals surface area contributed by atoms with Gasteiger partial charge in [0.2, 0.25) is 0 Å². The first-order valence-electron chi connectivity index (χ1n) is 8.96.